The van der Waals surface area contributed by atoms with Gasteiger partial charge in [0.25, 0.3) is 0 Å². The molecule has 1 heterocycles. The number of alkyl halides is 3. The second-order valence-electron chi connectivity index (χ2n) is 8.45. The predicted molar refractivity (Wildman–Crippen MR) is 123 cm³/mol. The summed E-state index contributed by atoms with van der Waals surface area (Å²) in [5.41, 5.74) is 0.935. The molecule has 2 aliphatic rings. The molecule has 0 bridgehead atoms. The second kappa shape index (κ2) is 10.8. The van der Waals surface area contributed by atoms with E-state index in [1.165, 1.54) is 11.4 Å². The van der Waals surface area contributed by atoms with Crippen molar-refractivity contribution in [1.29, 1.82) is 0 Å². The first-order valence-corrected chi connectivity index (χ1v) is 13.0. The van der Waals surface area contributed by atoms with E-state index in [9.17, 15) is 26.4 Å². The number of esters is 1. The van der Waals surface area contributed by atoms with Gasteiger partial charge in [-0.15, -0.1) is 0 Å². The van der Waals surface area contributed by atoms with Crippen LogP contribution in [-0.2, 0) is 25.7 Å². The van der Waals surface area contributed by atoms with Crippen LogP contribution in [0.1, 0.15) is 57.4 Å². The Labute approximate surface area is 202 Å². The van der Waals surface area contributed by atoms with E-state index >= 15 is 0 Å². The van der Waals surface area contributed by atoms with Gasteiger partial charge in [-0.1, -0.05) is 17.2 Å². The molecule has 0 N–H and O–H groups in total. The zero-order valence-electron chi connectivity index (χ0n) is 19.1. The first-order valence-electron chi connectivity index (χ1n) is 11.2. The monoisotopic (exact) mass is 520 g/mol. The Kier molecular flexibility index (Phi) is 8.47. The molecule has 11 heteroatoms. The minimum absolute atomic E-state index is 0.0677. The molecule has 0 saturated carbocycles. The fourth-order valence-corrected chi connectivity index (χ4v) is 6.30. The fourth-order valence-electron chi connectivity index (χ4n) is 4.42. The van der Waals surface area contributed by atoms with Crippen LogP contribution in [0.15, 0.2) is 39.2 Å². The van der Waals surface area contributed by atoms with E-state index in [0.29, 0.717) is 25.5 Å². The van der Waals surface area contributed by atoms with Crippen molar-refractivity contribution in [1.82, 2.24) is 4.31 Å². The van der Waals surface area contributed by atoms with E-state index in [0.717, 1.165) is 49.0 Å². The van der Waals surface area contributed by atoms with Gasteiger partial charge < -0.3 is 4.74 Å². The quantitative estimate of drug-likeness (QED) is 0.451. The minimum Gasteiger partial charge on any atom is -0.466 e. The number of hydrogen-bond donors (Lipinski definition) is 0. The molecule has 0 aromatic heterocycles. The number of ether oxygens (including phenoxy) is 1. The molecule has 0 radical (unpaired) electrons. The molecule has 188 valence electrons. The Morgan fingerprint density at radius 2 is 2.00 bits per heavy atom. The Hall–Kier alpha value is -1.91. The lowest BCUT2D eigenvalue weighted by Gasteiger charge is -2.33. The highest BCUT2D eigenvalue weighted by Gasteiger charge is 2.37. The molecule has 0 amide bonds. The summed E-state index contributed by atoms with van der Waals surface area (Å²) in [5.74, 6) is -0.267. The summed E-state index contributed by atoms with van der Waals surface area (Å²) in [5, 5.41) is -0.472. The molecule has 1 aliphatic carbocycles. The third-order valence-corrected chi connectivity index (χ3v) is 8.62. The summed E-state index contributed by atoms with van der Waals surface area (Å²) in [6.45, 7) is 2.08. The molecule has 0 fully saturated rings. The zero-order valence-corrected chi connectivity index (χ0v) is 20.6. The summed E-state index contributed by atoms with van der Waals surface area (Å²) in [4.78, 5) is 15.9. The number of rotatable bonds is 7. The summed E-state index contributed by atoms with van der Waals surface area (Å²) < 4.78 is 71.7. The number of hydrogen-bond acceptors (Lipinski definition) is 5. The standard InChI is InChI=1S/C23H28ClF3N2O4S/c1-3-33-22(30)12-10-17-9-7-15-5-4-6-20(18(15)14-28-17)29(2)34(31,32)21-11-8-16(13-19(21)24)23(25,26)27/h8,11,13-14,17,20H,3-7,9-10,12H2,1-2H3. The van der Waals surface area contributed by atoms with Gasteiger partial charge in [0.05, 0.1) is 29.3 Å². The van der Waals surface area contributed by atoms with Gasteiger partial charge in [0.1, 0.15) is 4.90 Å². The lowest BCUT2D eigenvalue weighted by molar-refractivity contribution is -0.143. The molecule has 1 aromatic rings. The van der Waals surface area contributed by atoms with Crippen molar-refractivity contribution < 1.29 is 31.1 Å². The van der Waals surface area contributed by atoms with Crippen LogP contribution in [0.4, 0.5) is 13.2 Å². The number of likely N-dealkylation sites (N-methyl/N-ethyl adjacent to an activating group) is 1. The van der Waals surface area contributed by atoms with E-state index in [4.69, 9.17) is 16.3 Å². The summed E-state index contributed by atoms with van der Waals surface area (Å²) in [7, 11) is -2.74. The molecular weight excluding hydrogens is 493 g/mol. The highest BCUT2D eigenvalue weighted by Crippen LogP contribution is 2.37. The van der Waals surface area contributed by atoms with E-state index in [2.05, 4.69) is 4.99 Å². The molecular formula is C23H28ClF3N2O4S. The number of benzene rings is 1. The predicted octanol–water partition coefficient (Wildman–Crippen LogP) is 5.40. The molecule has 2 atom stereocenters. The summed E-state index contributed by atoms with van der Waals surface area (Å²) in [6, 6.07) is 1.69. The molecule has 0 spiro atoms. The Bertz CT molecular complexity index is 1090. The first-order chi connectivity index (χ1) is 15.9. The lowest BCUT2D eigenvalue weighted by atomic mass is 9.86. The van der Waals surface area contributed by atoms with Gasteiger partial charge in [-0.3, -0.25) is 9.79 Å². The van der Waals surface area contributed by atoms with Crippen LogP contribution in [0.3, 0.4) is 0 Å². The number of sulfonamides is 1. The van der Waals surface area contributed by atoms with Gasteiger partial charge in [0, 0.05) is 19.7 Å². The van der Waals surface area contributed by atoms with Crippen molar-refractivity contribution in [2.45, 2.75) is 75.0 Å². The number of aliphatic imine (C=N–C) groups is 1. The smallest absolute Gasteiger partial charge is 0.416 e. The molecule has 2 unspecified atom stereocenters. The van der Waals surface area contributed by atoms with E-state index in [1.807, 2.05) is 0 Å². The number of carbonyl (C=O) groups excluding carboxylic acids is 1. The van der Waals surface area contributed by atoms with Crippen molar-refractivity contribution in [3.8, 4) is 0 Å². The van der Waals surface area contributed by atoms with Crippen molar-refractivity contribution in [2.24, 2.45) is 4.99 Å². The molecule has 1 aliphatic heterocycles. The summed E-state index contributed by atoms with van der Waals surface area (Å²) >= 11 is 5.99. The van der Waals surface area contributed by atoms with Crippen molar-refractivity contribution in [3.63, 3.8) is 0 Å². The third kappa shape index (κ3) is 6.01. The largest absolute Gasteiger partial charge is 0.466 e. The third-order valence-electron chi connectivity index (χ3n) is 6.27. The Morgan fingerprint density at radius 1 is 1.26 bits per heavy atom. The van der Waals surface area contributed by atoms with Crippen LogP contribution < -0.4 is 0 Å². The number of nitrogens with zero attached hydrogens (tertiary/aromatic N) is 2. The van der Waals surface area contributed by atoms with Gasteiger partial charge in [-0.25, -0.2) is 8.42 Å². The highest BCUT2D eigenvalue weighted by atomic mass is 35.5. The normalized spacial score (nSPS) is 21.4. The van der Waals surface area contributed by atoms with E-state index < -0.39 is 32.8 Å². The molecule has 34 heavy (non-hydrogen) atoms. The maximum Gasteiger partial charge on any atom is 0.416 e. The van der Waals surface area contributed by atoms with Gasteiger partial charge >= 0.3 is 12.1 Å². The van der Waals surface area contributed by atoms with Gasteiger partial charge in [-0.05, 0) is 69.2 Å². The zero-order chi connectivity index (χ0) is 25.1. The lowest BCUT2D eigenvalue weighted by Crippen LogP contribution is -2.40. The molecule has 0 saturated heterocycles. The van der Waals surface area contributed by atoms with Gasteiger partial charge in [0.15, 0.2) is 0 Å². The summed E-state index contributed by atoms with van der Waals surface area (Å²) in [6.07, 6.45) is 1.58. The maximum atomic E-state index is 13.3. The van der Waals surface area contributed by atoms with Crippen LogP contribution in [0.2, 0.25) is 5.02 Å². The van der Waals surface area contributed by atoms with Crippen LogP contribution in [-0.4, -0.2) is 50.6 Å². The molecule has 1 aromatic carbocycles. The fraction of sp³-hybridized carbons (Fsp3) is 0.565. The number of halogens is 4. The second-order valence-corrected chi connectivity index (χ2v) is 10.8. The average Bonchev–Trinajstić information content (AvgIpc) is 2.99. The van der Waals surface area contributed by atoms with Gasteiger partial charge in [-0.2, -0.15) is 17.5 Å². The highest BCUT2D eigenvalue weighted by molar-refractivity contribution is 7.89. The first kappa shape index (κ1) is 26.7. The Balaban J connectivity index is 1.82. The SMILES string of the molecule is CCOC(=O)CCC1CCC2=C(C=N1)C(N(C)S(=O)(=O)c1ccc(C(F)(F)F)cc1Cl)CCC2. The van der Waals surface area contributed by atoms with E-state index in [1.54, 1.807) is 13.1 Å². The van der Waals surface area contributed by atoms with Gasteiger partial charge in [0.2, 0.25) is 10.0 Å². The van der Waals surface area contributed by atoms with Crippen LogP contribution >= 0.6 is 11.6 Å². The minimum atomic E-state index is -4.62. The van der Waals surface area contributed by atoms with Crippen molar-refractivity contribution >= 4 is 33.8 Å². The molecule has 3 rings (SSSR count). The van der Waals surface area contributed by atoms with Crippen LogP contribution in [0, 0.1) is 0 Å². The van der Waals surface area contributed by atoms with Crippen LogP contribution in [0.5, 0.6) is 0 Å². The van der Waals surface area contributed by atoms with Crippen molar-refractivity contribution in [3.05, 3.63) is 39.9 Å². The Morgan fingerprint density at radius 3 is 2.65 bits per heavy atom. The maximum absolute atomic E-state index is 13.3. The number of carbonyl (C=O) groups is 1. The van der Waals surface area contributed by atoms with Crippen LogP contribution in [0.25, 0.3) is 0 Å². The number of allylic oxidation sites excluding steroid dienone is 1. The van der Waals surface area contributed by atoms with E-state index in [-0.39, 0.29) is 23.3 Å². The van der Waals surface area contributed by atoms with Crippen molar-refractivity contribution in [2.75, 3.05) is 13.7 Å². The molecule has 6 nitrogen and oxygen atoms in total. The topological polar surface area (TPSA) is 76.0 Å². The average molecular weight is 521 g/mol.